The summed E-state index contributed by atoms with van der Waals surface area (Å²) in [5, 5.41) is 26.6. The lowest BCUT2D eigenvalue weighted by Gasteiger charge is -2.21. The molecule has 1 aromatic carbocycles. The lowest BCUT2D eigenvalue weighted by Crippen LogP contribution is -2.53. The number of nitrogens with one attached hydrogen (secondary N) is 3. The Morgan fingerprint density at radius 3 is 2.53 bits per heavy atom. The van der Waals surface area contributed by atoms with Crippen LogP contribution in [0.25, 0.3) is 0 Å². The Bertz CT molecular complexity index is 808. The van der Waals surface area contributed by atoms with Crippen LogP contribution in [0.15, 0.2) is 24.3 Å². The van der Waals surface area contributed by atoms with Gasteiger partial charge in [0, 0.05) is 24.5 Å². The van der Waals surface area contributed by atoms with Crippen LogP contribution in [-0.4, -0.2) is 70.1 Å². The molecule has 0 aromatic heterocycles. The van der Waals surface area contributed by atoms with Gasteiger partial charge in [0.25, 0.3) is 0 Å². The quantitative estimate of drug-likeness (QED) is 0.315. The zero-order chi connectivity index (χ0) is 23.5. The van der Waals surface area contributed by atoms with E-state index < -0.39 is 30.0 Å². The highest BCUT2D eigenvalue weighted by molar-refractivity contribution is 8.76. The van der Waals surface area contributed by atoms with Gasteiger partial charge in [-0.05, 0) is 37.0 Å². The predicted octanol–water partition coefficient (Wildman–Crippen LogP) is -0.00230. The monoisotopic (exact) mass is 484 g/mol. The molecule has 1 saturated heterocycles. The number of carbonyl (C=O) groups excluding carboxylic acids is 3. The molecule has 0 saturated carbocycles. The van der Waals surface area contributed by atoms with Gasteiger partial charge in [-0.15, -0.1) is 0 Å². The van der Waals surface area contributed by atoms with Crippen molar-refractivity contribution < 1.29 is 29.4 Å². The third-order valence-corrected chi connectivity index (χ3v) is 7.10. The molecule has 2 rings (SSSR count). The highest BCUT2D eigenvalue weighted by Crippen LogP contribution is 2.23. The number of carboxylic acid groups (broad SMARTS) is 1. The van der Waals surface area contributed by atoms with Gasteiger partial charge in [0.2, 0.25) is 17.7 Å². The number of hydrogen-bond acceptors (Lipinski definition) is 8. The number of carbonyl (C=O) groups is 4. The van der Waals surface area contributed by atoms with Crippen LogP contribution in [0, 0.1) is 0 Å². The van der Waals surface area contributed by atoms with Gasteiger partial charge in [-0.3, -0.25) is 14.4 Å². The van der Waals surface area contributed by atoms with Gasteiger partial charge in [-0.25, -0.2) is 4.79 Å². The van der Waals surface area contributed by atoms with Crippen molar-refractivity contribution in [2.24, 2.45) is 5.73 Å². The Labute approximate surface area is 193 Å². The Balaban J connectivity index is 1.97. The molecule has 0 radical (unpaired) electrons. The number of carboxylic acids is 1. The number of hydrogen-bond donors (Lipinski definition) is 6. The molecular weight excluding hydrogens is 456 g/mol. The fraction of sp³-hybridized carbons (Fsp3) is 0.500. The number of aliphatic carboxylic acids is 1. The molecule has 1 fully saturated rings. The van der Waals surface area contributed by atoms with Gasteiger partial charge in [0.1, 0.15) is 17.8 Å². The Hall–Kier alpha value is -2.44. The van der Waals surface area contributed by atoms with Crippen LogP contribution in [0.2, 0.25) is 0 Å². The summed E-state index contributed by atoms with van der Waals surface area (Å²) in [5.74, 6) is -1.87. The van der Waals surface area contributed by atoms with Gasteiger partial charge in [0.15, 0.2) is 0 Å². The minimum Gasteiger partial charge on any atom is -0.508 e. The van der Waals surface area contributed by atoms with Crippen LogP contribution in [0.5, 0.6) is 5.75 Å². The molecule has 10 nitrogen and oxygen atoms in total. The topological polar surface area (TPSA) is 171 Å². The highest BCUT2D eigenvalue weighted by atomic mass is 33.1. The van der Waals surface area contributed by atoms with Crippen molar-refractivity contribution in [3.05, 3.63) is 29.8 Å². The van der Waals surface area contributed by atoms with Crippen LogP contribution in [0.3, 0.4) is 0 Å². The first-order valence-corrected chi connectivity index (χ1v) is 12.6. The van der Waals surface area contributed by atoms with Crippen molar-refractivity contribution >= 4 is 45.3 Å². The van der Waals surface area contributed by atoms with Gasteiger partial charge in [0.05, 0.1) is 6.04 Å². The highest BCUT2D eigenvalue weighted by Gasteiger charge is 2.25. The van der Waals surface area contributed by atoms with E-state index in [1.165, 1.54) is 33.7 Å². The molecule has 7 N–H and O–H groups in total. The fourth-order valence-electron chi connectivity index (χ4n) is 2.86. The largest absolute Gasteiger partial charge is 0.508 e. The first-order chi connectivity index (χ1) is 15.3. The van der Waals surface area contributed by atoms with E-state index in [9.17, 15) is 29.4 Å². The van der Waals surface area contributed by atoms with Crippen LogP contribution in [0.4, 0.5) is 0 Å². The second-order valence-corrected chi connectivity index (χ2v) is 9.87. The summed E-state index contributed by atoms with van der Waals surface area (Å²) in [4.78, 5) is 48.4. The average molecular weight is 485 g/mol. The fourth-order valence-corrected chi connectivity index (χ4v) is 5.18. The zero-order valence-electron chi connectivity index (χ0n) is 17.4. The molecule has 0 bridgehead atoms. The average Bonchev–Trinajstić information content (AvgIpc) is 2.75. The maximum atomic E-state index is 12.6. The molecule has 3 atom stereocenters. The molecule has 1 heterocycles. The Morgan fingerprint density at radius 1 is 1.16 bits per heavy atom. The van der Waals surface area contributed by atoms with E-state index in [0.29, 0.717) is 19.4 Å². The van der Waals surface area contributed by atoms with Crippen molar-refractivity contribution in [3.8, 4) is 5.75 Å². The Kier molecular flexibility index (Phi) is 10.6. The van der Waals surface area contributed by atoms with Gasteiger partial charge in [-0.2, -0.15) is 0 Å². The van der Waals surface area contributed by atoms with Crippen molar-refractivity contribution in [3.63, 3.8) is 0 Å². The van der Waals surface area contributed by atoms with Crippen LogP contribution < -0.4 is 21.7 Å². The minimum absolute atomic E-state index is 0.113. The standard InChI is InChI=1S/C20H28N4O6S2/c21-14(9-12-4-6-13(25)7-5-12)18(27)24-15-10-31-32-11-16(20(29)30)23-17(26)3-1-2-8-22-19(15)28/h4-7,14-16,25H,1-3,8-11,21H2,(H,22,28)(H,23,26)(H,24,27)(H,29,30)/t14-,15-,16-/m0/s1. The van der Waals surface area contributed by atoms with Gasteiger partial charge in [-0.1, -0.05) is 33.7 Å². The second kappa shape index (κ2) is 13.2. The summed E-state index contributed by atoms with van der Waals surface area (Å²) in [5.41, 5.74) is 6.77. The normalized spacial score (nSPS) is 22.0. The number of benzene rings is 1. The predicted molar refractivity (Wildman–Crippen MR) is 123 cm³/mol. The summed E-state index contributed by atoms with van der Waals surface area (Å²) >= 11 is 0. The lowest BCUT2D eigenvalue weighted by atomic mass is 10.1. The van der Waals surface area contributed by atoms with Crippen molar-refractivity contribution in [2.75, 3.05) is 18.1 Å². The third-order valence-electron chi connectivity index (χ3n) is 4.68. The van der Waals surface area contributed by atoms with Crippen molar-refractivity contribution in [2.45, 2.75) is 43.8 Å². The van der Waals surface area contributed by atoms with E-state index in [1.807, 2.05) is 0 Å². The molecule has 0 aliphatic carbocycles. The van der Waals surface area contributed by atoms with Crippen molar-refractivity contribution in [1.82, 2.24) is 16.0 Å². The molecule has 0 spiro atoms. The third kappa shape index (κ3) is 8.97. The number of phenolic OH excluding ortho intramolecular Hbond substituents is 1. The van der Waals surface area contributed by atoms with E-state index in [4.69, 9.17) is 5.73 Å². The van der Waals surface area contributed by atoms with Gasteiger partial charge >= 0.3 is 5.97 Å². The zero-order valence-corrected chi connectivity index (χ0v) is 19.0. The van der Waals surface area contributed by atoms with Gasteiger partial charge < -0.3 is 31.9 Å². The van der Waals surface area contributed by atoms with E-state index in [-0.39, 0.29) is 41.9 Å². The molecule has 3 amide bonds. The molecule has 12 heteroatoms. The molecular formula is C20H28N4O6S2. The SMILES string of the molecule is N[C@@H](Cc1ccc(O)cc1)C(=O)N[C@H]1CSSC[C@@H](C(=O)O)NC(=O)CCCCNC1=O. The molecule has 1 aromatic rings. The maximum Gasteiger partial charge on any atom is 0.327 e. The van der Waals surface area contributed by atoms with E-state index in [1.54, 1.807) is 12.1 Å². The lowest BCUT2D eigenvalue weighted by molar-refractivity contribution is -0.141. The molecule has 1 aliphatic rings. The number of phenols is 1. The summed E-state index contributed by atoms with van der Waals surface area (Å²) < 4.78 is 0. The number of nitrogens with two attached hydrogens (primary N) is 1. The Morgan fingerprint density at radius 2 is 1.84 bits per heavy atom. The minimum atomic E-state index is -1.12. The second-order valence-electron chi connectivity index (χ2n) is 7.31. The first kappa shape index (κ1) is 25.8. The van der Waals surface area contributed by atoms with E-state index in [0.717, 1.165) is 5.56 Å². The molecule has 32 heavy (non-hydrogen) atoms. The number of amides is 3. The molecule has 1 aliphatic heterocycles. The summed E-state index contributed by atoms with van der Waals surface area (Å²) in [6, 6.07) is 3.60. The summed E-state index contributed by atoms with van der Waals surface area (Å²) in [6.07, 6.45) is 1.45. The van der Waals surface area contributed by atoms with E-state index in [2.05, 4.69) is 16.0 Å². The first-order valence-electron chi connectivity index (χ1n) is 10.1. The van der Waals surface area contributed by atoms with E-state index >= 15 is 0 Å². The van der Waals surface area contributed by atoms with Crippen molar-refractivity contribution in [1.29, 1.82) is 0 Å². The number of rotatable bonds is 5. The molecule has 176 valence electrons. The number of aromatic hydroxyl groups is 1. The van der Waals surface area contributed by atoms with Crippen LogP contribution in [-0.2, 0) is 25.6 Å². The summed E-state index contributed by atoms with van der Waals surface area (Å²) in [6.45, 7) is 0.332. The maximum absolute atomic E-state index is 12.6. The smallest absolute Gasteiger partial charge is 0.327 e. The van der Waals surface area contributed by atoms with Crippen LogP contribution in [0.1, 0.15) is 24.8 Å². The summed E-state index contributed by atoms with van der Waals surface area (Å²) in [7, 11) is 2.43. The van der Waals surface area contributed by atoms with Crippen LogP contribution >= 0.6 is 21.6 Å². The molecule has 0 unspecified atom stereocenters.